The van der Waals surface area contributed by atoms with Crippen molar-refractivity contribution in [3.05, 3.63) is 71.8 Å². The standard InChI is InChI=1S/C28H37N2O3/c1-30(2,21-26(31)22-11-5-3-6-12-22)25-17-19-29(20-18-25)27(32)28(33,24-15-9-10-16-24)23-13-7-4-8-14-23/h3-8,11-14,24-25,33H,9-10,15-21H2,1-2H3/q+1. The van der Waals surface area contributed by atoms with Crippen molar-refractivity contribution < 1.29 is 19.2 Å². The summed E-state index contributed by atoms with van der Waals surface area (Å²) in [6.07, 6.45) is 5.57. The average molecular weight is 450 g/mol. The number of quaternary nitrogens is 1. The van der Waals surface area contributed by atoms with Gasteiger partial charge in [-0.3, -0.25) is 9.59 Å². The Balaban J connectivity index is 1.44. The van der Waals surface area contributed by atoms with Gasteiger partial charge in [0.2, 0.25) is 5.78 Å². The molecule has 1 saturated carbocycles. The molecule has 2 aromatic carbocycles. The van der Waals surface area contributed by atoms with Crippen LogP contribution in [0.4, 0.5) is 0 Å². The summed E-state index contributed by atoms with van der Waals surface area (Å²) < 4.78 is 0.612. The lowest BCUT2D eigenvalue weighted by atomic mass is 9.78. The van der Waals surface area contributed by atoms with Crippen molar-refractivity contribution in [2.75, 3.05) is 33.7 Å². The Hall–Kier alpha value is -2.50. The van der Waals surface area contributed by atoms with Gasteiger partial charge in [0.1, 0.15) is 6.54 Å². The van der Waals surface area contributed by atoms with E-state index < -0.39 is 5.60 Å². The molecule has 4 rings (SSSR count). The molecule has 0 radical (unpaired) electrons. The molecule has 1 heterocycles. The Kier molecular flexibility index (Phi) is 7.01. The van der Waals surface area contributed by atoms with Crippen LogP contribution in [0.1, 0.15) is 54.4 Å². The molecule has 2 aromatic rings. The monoisotopic (exact) mass is 449 g/mol. The molecule has 33 heavy (non-hydrogen) atoms. The van der Waals surface area contributed by atoms with E-state index in [-0.39, 0.29) is 17.6 Å². The number of carbonyl (C=O) groups is 2. The molecule has 2 aliphatic rings. The first-order valence-corrected chi connectivity index (χ1v) is 12.3. The molecular weight excluding hydrogens is 412 g/mol. The minimum Gasteiger partial charge on any atom is -0.375 e. The third-order valence-corrected chi connectivity index (χ3v) is 7.87. The lowest BCUT2D eigenvalue weighted by molar-refractivity contribution is -0.908. The number of hydrogen-bond donors (Lipinski definition) is 1. The van der Waals surface area contributed by atoms with Gasteiger partial charge in [-0.1, -0.05) is 73.5 Å². The molecule has 5 heteroatoms. The molecule has 1 N–H and O–H groups in total. The fourth-order valence-electron chi connectivity index (χ4n) is 5.79. The van der Waals surface area contributed by atoms with Crippen molar-refractivity contribution in [2.24, 2.45) is 5.92 Å². The van der Waals surface area contributed by atoms with Crippen molar-refractivity contribution >= 4 is 11.7 Å². The van der Waals surface area contributed by atoms with Crippen LogP contribution in [0.2, 0.25) is 0 Å². The normalized spacial score (nSPS) is 19.9. The minimum absolute atomic E-state index is 0.0270. The van der Waals surface area contributed by atoms with Crippen LogP contribution >= 0.6 is 0 Å². The number of hydrogen-bond acceptors (Lipinski definition) is 3. The molecule has 1 aliphatic heterocycles. The van der Waals surface area contributed by atoms with Gasteiger partial charge in [0.05, 0.1) is 20.1 Å². The SMILES string of the molecule is C[N+](C)(CC(=O)c1ccccc1)C1CCN(C(=O)C(O)(c2ccccc2)C2CCCC2)CC1. The van der Waals surface area contributed by atoms with Gasteiger partial charge in [0.25, 0.3) is 5.91 Å². The molecule has 0 spiro atoms. The number of amides is 1. The second-order valence-electron chi connectivity index (χ2n) is 10.4. The highest BCUT2D eigenvalue weighted by molar-refractivity contribution is 5.96. The van der Waals surface area contributed by atoms with E-state index >= 15 is 0 Å². The van der Waals surface area contributed by atoms with Gasteiger partial charge in [0, 0.05) is 37.4 Å². The zero-order valence-corrected chi connectivity index (χ0v) is 20.0. The summed E-state index contributed by atoms with van der Waals surface area (Å²) in [6.45, 7) is 1.68. The van der Waals surface area contributed by atoms with Crippen LogP contribution in [0, 0.1) is 5.92 Å². The summed E-state index contributed by atoms with van der Waals surface area (Å²) in [5, 5.41) is 11.8. The number of likely N-dealkylation sites (tertiary alicyclic amines) is 1. The van der Waals surface area contributed by atoms with Crippen LogP contribution in [0.25, 0.3) is 0 Å². The van der Waals surface area contributed by atoms with E-state index in [1.807, 2.05) is 65.6 Å². The molecular formula is C28H37N2O3+. The van der Waals surface area contributed by atoms with E-state index in [1.165, 1.54) is 0 Å². The first-order valence-electron chi connectivity index (χ1n) is 12.3. The topological polar surface area (TPSA) is 57.6 Å². The summed E-state index contributed by atoms with van der Waals surface area (Å²) in [4.78, 5) is 28.4. The average Bonchev–Trinajstić information content (AvgIpc) is 3.40. The van der Waals surface area contributed by atoms with E-state index in [1.54, 1.807) is 0 Å². The van der Waals surface area contributed by atoms with Crippen molar-refractivity contribution in [3.63, 3.8) is 0 Å². The predicted molar refractivity (Wildman–Crippen MR) is 130 cm³/mol. The number of likely N-dealkylation sites (N-methyl/N-ethyl adjacent to an activating group) is 1. The molecule has 1 saturated heterocycles. The zero-order chi connectivity index (χ0) is 23.5. The van der Waals surface area contributed by atoms with Gasteiger partial charge in [-0.05, 0) is 18.4 Å². The predicted octanol–water partition coefficient (Wildman–Crippen LogP) is 4.01. The van der Waals surface area contributed by atoms with Crippen LogP contribution < -0.4 is 0 Å². The molecule has 1 amide bonds. The van der Waals surface area contributed by atoms with Crippen molar-refractivity contribution in [3.8, 4) is 0 Å². The summed E-state index contributed by atoms with van der Waals surface area (Å²) in [5.41, 5.74) is 0.0208. The largest absolute Gasteiger partial charge is 0.375 e. The van der Waals surface area contributed by atoms with E-state index in [9.17, 15) is 14.7 Å². The molecule has 0 bridgehead atoms. The summed E-state index contributed by atoms with van der Waals surface area (Å²) >= 11 is 0. The summed E-state index contributed by atoms with van der Waals surface area (Å²) in [5.74, 6) is -0.0238. The van der Waals surface area contributed by atoms with Crippen LogP contribution in [-0.2, 0) is 10.4 Å². The van der Waals surface area contributed by atoms with Crippen LogP contribution in [0.3, 0.4) is 0 Å². The second kappa shape index (κ2) is 9.78. The van der Waals surface area contributed by atoms with E-state index in [0.29, 0.717) is 35.7 Å². The Labute approximate surface area is 197 Å². The second-order valence-corrected chi connectivity index (χ2v) is 10.4. The third-order valence-electron chi connectivity index (χ3n) is 7.87. The summed E-state index contributed by atoms with van der Waals surface area (Å²) in [6, 6.07) is 19.3. The van der Waals surface area contributed by atoms with Crippen molar-refractivity contribution in [1.29, 1.82) is 0 Å². The van der Waals surface area contributed by atoms with E-state index in [0.717, 1.165) is 44.1 Å². The molecule has 0 aromatic heterocycles. The third kappa shape index (κ3) is 4.90. The van der Waals surface area contributed by atoms with E-state index in [2.05, 4.69) is 14.1 Å². The maximum absolute atomic E-state index is 13.7. The highest BCUT2D eigenvalue weighted by Crippen LogP contribution is 2.42. The van der Waals surface area contributed by atoms with Crippen molar-refractivity contribution in [2.45, 2.75) is 50.2 Å². The number of ketones is 1. The Morgan fingerprint density at radius 3 is 2.03 bits per heavy atom. The van der Waals surface area contributed by atoms with Crippen LogP contribution in [0.15, 0.2) is 60.7 Å². The fourth-order valence-corrected chi connectivity index (χ4v) is 5.79. The van der Waals surface area contributed by atoms with Gasteiger partial charge >= 0.3 is 0 Å². The quantitative estimate of drug-likeness (QED) is 0.513. The molecule has 1 unspecified atom stereocenters. The lowest BCUT2D eigenvalue weighted by Gasteiger charge is -2.44. The van der Waals surface area contributed by atoms with Gasteiger partial charge in [0.15, 0.2) is 5.60 Å². The molecule has 1 aliphatic carbocycles. The minimum atomic E-state index is -1.45. The van der Waals surface area contributed by atoms with Crippen LogP contribution in [-0.4, -0.2) is 66.0 Å². The van der Waals surface area contributed by atoms with Gasteiger partial charge < -0.3 is 14.5 Å². The Bertz CT molecular complexity index is 946. The summed E-state index contributed by atoms with van der Waals surface area (Å²) in [7, 11) is 4.23. The highest BCUT2D eigenvalue weighted by Gasteiger charge is 2.49. The lowest BCUT2D eigenvalue weighted by Crippen LogP contribution is -2.59. The highest BCUT2D eigenvalue weighted by atomic mass is 16.3. The molecule has 176 valence electrons. The molecule has 1 atom stereocenters. The smallest absolute Gasteiger partial charge is 0.259 e. The number of rotatable bonds is 7. The Morgan fingerprint density at radius 1 is 0.909 bits per heavy atom. The first kappa shape index (κ1) is 23.7. The van der Waals surface area contributed by atoms with Gasteiger partial charge in [-0.15, -0.1) is 0 Å². The van der Waals surface area contributed by atoms with Crippen molar-refractivity contribution in [1.82, 2.24) is 4.90 Å². The molecule has 2 fully saturated rings. The van der Waals surface area contributed by atoms with Gasteiger partial charge in [-0.2, -0.15) is 0 Å². The number of Topliss-reactive ketones (excluding diaryl/α,β-unsaturated/α-hetero) is 1. The number of aliphatic hydroxyl groups is 1. The number of benzene rings is 2. The molecule has 5 nitrogen and oxygen atoms in total. The van der Waals surface area contributed by atoms with Gasteiger partial charge in [-0.25, -0.2) is 0 Å². The number of piperidine rings is 1. The zero-order valence-electron chi connectivity index (χ0n) is 20.0. The Morgan fingerprint density at radius 2 is 1.45 bits per heavy atom. The number of nitrogens with zero attached hydrogens (tertiary/aromatic N) is 2. The van der Waals surface area contributed by atoms with Crippen LogP contribution in [0.5, 0.6) is 0 Å². The first-order chi connectivity index (χ1) is 15.8. The number of carbonyl (C=O) groups excluding carboxylic acids is 2. The fraction of sp³-hybridized carbons (Fsp3) is 0.500. The maximum Gasteiger partial charge on any atom is 0.259 e. The van der Waals surface area contributed by atoms with E-state index in [4.69, 9.17) is 0 Å². The maximum atomic E-state index is 13.7.